The van der Waals surface area contributed by atoms with Crippen LogP contribution in [0.1, 0.15) is 30.4 Å². The third-order valence-corrected chi connectivity index (χ3v) is 3.56. The Balaban J connectivity index is 1.98. The summed E-state index contributed by atoms with van der Waals surface area (Å²) in [5.41, 5.74) is 2.11. The molecule has 3 heteroatoms. The maximum Gasteiger partial charge on any atom is 0.227 e. The molecule has 0 aliphatic carbocycles. The molecule has 0 spiro atoms. The predicted octanol–water partition coefficient (Wildman–Crippen LogP) is 4.15. The molecular formula is C17H18ClNO. The number of nitrogens with one attached hydrogen (secondary N) is 1. The maximum atomic E-state index is 12.3. The molecule has 0 aliphatic rings. The Morgan fingerprint density at radius 2 is 1.75 bits per heavy atom. The standard InChI is InChI=1S/C17H18ClNO/c1-2-16(14-6-4-3-5-7-14)17(20)19-12-13-8-10-15(18)11-9-13/h3-11,16H,2,12H2,1H3,(H,19,20). The first-order valence-corrected chi connectivity index (χ1v) is 7.15. The molecule has 1 amide bonds. The van der Waals surface area contributed by atoms with Crippen molar-refractivity contribution in [3.8, 4) is 0 Å². The van der Waals surface area contributed by atoms with Crippen molar-refractivity contribution < 1.29 is 4.79 Å². The fourth-order valence-electron chi connectivity index (χ4n) is 2.17. The number of carbonyl (C=O) groups is 1. The highest BCUT2D eigenvalue weighted by Crippen LogP contribution is 2.19. The highest BCUT2D eigenvalue weighted by atomic mass is 35.5. The van der Waals surface area contributed by atoms with Crippen molar-refractivity contribution in [1.29, 1.82) is 0 Å². The zero-order chi connectivity index (χ0) is 14.4. The summed E-state index contributed by atoms with van der Waals surface area (Å²) >= 11 is 5.84. The van der Waals surface area contributed by atoms with Crippen LogP contribution in [0.25, 0.3) is 0 Å². The maximum absolute atomic E-state index is 12.3. The number of benzene rings is 2. The van der Waals surface area contributed by atoms with Crippen molar-refractivity contribution in [1.82, 2.24) is 5.32 Å². The first-order valence-electron chi connectivity index (χ1n) is 6.77. The Bertz CT molecular complexity index is 551. The lowest BCUT2D eigenvalue weighted by Gasteiger charge is -2.15. The Hall–Kier alpha value is -1.80. The van der Waals surface area contributed by atoms with E-state index in [4.69, 9.17) is 11.6 Å². The van der Waals surface area contributed by atoms with Gasteiger partial charge >= 0.3 is 0 Å². The van der Waals surface area contributed by atoms with Crippen LogP contribution in [0, 0.1) is 0 Å². The topological polar surface area (TPSA) is 29.1 Å². The minimum Gasteiger partial charge on any atom is -0.351 e. The van der Waals surface area contributed by atoms with Gasteiger partial charge in [0.1, 0.15) is 0 Å². The summed E-state index contributed by atoms with van der Waals surface area (Å²) in [6.45, 7) is 2.55. The number of halogens is 1. The van der Waals surface area contributed by atoms with Gasteiger partial charge in [-0.15, -0.1) is 0 Å². The average molecular weight is 288 g/mol. The molecular weight excluding hydrogens is 270 g/mol. The summed E-state index contributed by atoms with van der Waals surface area (Å²) in [5.74, 6) is -0.0304. The van der Waals surface area contributed by atoms with E-state index in [1.54, 1.807) is 0 Å². The molecule has 1 N–H and O–H groups in total. The predicted molar refractivity (Wildman–Crippen MR) is 82.8 cm³/mol. The van der Waals surface area contributed by atoms with E-state index in [0.29, 0.717) is 11.6 Å². The fourth-order valence-corrected chi connectivity index (χ4v) is 2.30. The van der Waals surface area contributed by atoms with Gasteiger partial charge in [0.15, 0.2) is 0 Å². The van der Waals surface area contributed by atoms with Gasteiger partial charge in [0.2, 0.25) is 5.91 Å². The molecule has 2 rings (SSSR count). The molecule has 2 aromatic carbocycles. The summed E-state index contributed by atoms with van der Waals surface area (Å²) in [7, 11) is 0. The van der Waals surface area contributed by atoms with Crippen LogP contribution in [-0.2, 0) is 11.3 Å². The van der Waals surface area contributed by atoms with E-state index in [1.807, 2.05) is 61.5 Å². The lowest BCUT2D eigenvalue weighted by Crippen LogP contribution is -2.28. The van der Waals surface area contributed by atoms with Gasteiger partial charge in [-0.2, -0.15) is 0 Å². The van der Waals surface area contributed by atoms with Crippen molar-refractivity contribution >= 4 is 17.5 Å². The number of carbonyl (C=O) groups excluding carboxylic acids is 1. The lowest BCUT2D eigenvalue weighted by molar-refractivity contribution is -0.122. The van der Waals surface area contributed by atoms with Crippen LogP contribution >= 0.6 is 11.6 Å². The van der Waals surface area contributed by atoms with E-state index < -0.39 is 0 Å². The third kappa shape index (κ3) is 3.84. The Labute approximate surface area is 124 Å². The van der Waals surface area contributed by atoms with E-state index in [2.05, 4.69) is 5.32 Å². The molecule has 0 fully saturated rings. The highest BCUT2D eigenvalue weighted by Gasteiger charge is 2.17. The fraction of sp³-hybridized carbons (Fsp3) is 0.235. The monoisotopic (exact) mass is 287 g/mol. The molecule has 0 bridgehead atoms. The number of rotatable bonds is 5. The van der Waals surface area contributed by atoms with Gasteiger partial charge < -0.3 is 5.32 Å². The number of amides is 1. The van der Waals surface area contributed by atoms with Gasteiger partial charge in [-0.3, -0.25) is 4.79 Å². The first kappa shape index (κ1) is 14.6. The van der Waals surface area contributed by atoms with Gasteiger partial charge in [0.05, 0.1) is 5.92 Å². The molecule has 2 nitrogen and oxygen atoms in total. The quantitative estimate of drug-likeness (QED) is 0.879. The molecule has 104 valence electrons. The smallest absolute Gasteiger partial charge is 0.227 e. The molecule has 0 aliphatic heterocycles. The molecule has 0 heterocycles. The molecule has 2 aromatic rings. The van der Waals surface area contributed by atoms with Gasteiger partial charge in [0, 0.05) is 11.6 Å². The van der Waals surface area contributed by atoms with Crippen molar-refractivity contribution in [2.24, 2.45) is 0 Å². The van der Waals surface area contributed by atoms with Crippen LogP contribution in [-0.4, -0.2) is 5.91 Å². The van der Waals surface area contributed by atoms with E-state index in [0.717, 1.165) is 17.5 Å². The van der Waals surface area contributed by atoms with E-state index in [9.17, 15) is 4.79 Å². The Kier molecular flexibility index (Phi) is 5.19. The van der Waals surface area contributed by atoms with Crippen LogP contribution in [0.3, 0.4) is 0 Å². The zero-order valence-corrected chi connectivity index (χ0v) is 12.2. The Morgan fingerprint density at radius 1 is 1.10 bits per heavy atom. The van der Waals surface area contributed by atoms with Gasteiger partial charge in [0.25, 0.3) is 0 Å². The highest BCUT2D eigenvalue weighted by molar-refractivity contribution is 6.30. The normalized spacial score (nSPS) is 11.9. The number of hydrogen-bond donors (Lipinski definition) is 1. The summed E-state index contributed by atoms with van der Waals surface area (Å²) in [5, 5.41) is 3.69. The zero-order valence-electron chi connectivity index (χ0n) is 11.5. The van der Waals surface area contributed by atoms with Crippen molar-refractivity contribution in [3.05, 3.63) is 70.7 Å². The van der Waals surface area contributed by atoms with Crippen LogP contribution in [0.15, 0.2) is 54.6 Å². The van der Waals surface area contributed by atoms with Crippen LogP contribution < -0.4 is 5.32 Å². The van der Waals surface area contributed by atoms with Gasteiger partial charge in [-0.05, 0) is 29.7 Å². The van der Waals surface area contributed by atoms with Crippen molar-refractivity contribution in [2.75, 3.05) is 0 Å². The summed E-state index contributed by atoms with van der Waals surface area (Å²) in [6.07, 6.45) is 0.788. The second kappa shape index (κ2) is 7.11. The van der Waals surface area contributed by atoms with Crippen LogP contribution in [0.5, 0.6) is 0 Å². The average Bonchev–Trinajstić information content (AvgIpc) is 2.48. The second-order valence-electron chi connectivity index (χ2n) is 4.72. The minimum atomic E-state index is -0.0940. The van der Waals surface area contributed by atoms with Gasteiger partial charge in [-0.1, -0.05) is 61.0 Å². The van der Waals surface area contributed by atoms with Crippen LogP contribution in [0.2, 0.25) is 5.02 Å². The summed E-state index contributed by atoms with van der Waals surface area (Å²) in [6, 6.07) is 17.4. The van der Waals surface area contributed by atoms with E-state index >= 15 is 0 Å². The summed E-state index contributed by atoms with van der Waals surface area (Å²) < 4.78 is 0. The molecule has 0 aromatic heterocycles. The molecule has 1 atom stereocenters. The SMILES string of the molecule is CCC(C(=O)NCc1ccc(Cl)cc1)c1ccccc1. The largest absolute Gasteiger partial charge is 0.351 e. The van der Waals surface area contributed by atoms with E-state index in [1.165, 1.54) is 0 Å². The molecule has 20 heavy (non-hydrogen) atoms. The van der Waals surface area contributed by atoms with Gasteiger partial charge in [-0.25, -0.2) is 0 Å². The van der Waals surface area contributed by atoms with Crippen LogP contribution in [0.4, 0.5) is 0 Å². The number of hydrogen-bond acceptors (Lipinski definition) is 1. The molecule has 1 unspecified atom stereocenters. The Morgan fingerprint density at radius 3 is 2.35 bits per heavy atom. The van der Waals surface area contributed by atoms with Crippen molar-refractivity contribution in [2.45, 2.75) is 25.8 Å². The van der Waals surface area contributed by atoms with Crippen molar-refractivity contribution in [3.63, 3.8) is 0 Å². The molecule has 0 radical (unpaired) electrons. The molecule has 0 saturated heterocycles. The second-order valence-corrected chi connectivity index (χ2v) is 5.15. The molecule has 0 saturated carbocycles. The third-order valence-electron chi connectivity index (χ3n) is 3.31. The van der Waals surface area contributed by atoms with E-state index in [-0.39, 0.29) is 11.8 Å². The first-order chi connectivity index (χ1) is 9.70. The lowest BCUT2D eigenvalue weighted by atomic mass is 9.95. The minimum absolute atomic E-state index is 0.0636. The summed E-state index contributed by atoms with van der Waals surface area (Å²) in [4.78, 5) is 12.3.